The second kappa shape index (κ2) is 5.99. The number of furan rings is 1. The summed E-state index contributed by atoms with van der Waals surface area (Å²) in [5.74, 6) is 2.11. The van der Waals surface area contributed by atoms with Crippen LogP contribution >= 0.6 is 0 Å². The third kappa shape index (κ3) is 2.91. The average molecular weight is 344 g/mol. The number of piperidine rings is 1. The molecule has 0 saturated carbocycles. The molecule has 0 bridgehead atoms. The standard InChI is InChI=1S/C16H20N6O3/c1-21(2)15-17-14(23)16(18-15)5-7-22(8-6-16)10-12-19-20-13(25-12)11-4-3-9-24-11/h3-4,9H,5-8,10H2,1-2H3,(H,17,18,23). The Kier molecular flexibility index (Phi) is 3.79. The number of aliphatic imine (C=N–C) groups is 1. The van der Waals surface area contributed by atoms with Crippen LogP contribution in [0.5, 0.6) is 0 Å². The van der Waals surface area contributed by atoms with Crippen molar-refractivity contribution in [1.29, 1.82) is 0 Å². The summed E-state index contributed by atoms with van der Waals surface area (Å²) >= 11 is 0. The fraction of sp³-hybridized carbons (Fsp3) is 0.500. The van der Waals surface area contributed by atoms with Crippen molar-refractivity contribution in [2.75, 3.05) is 27.2 Å². The number of nitrogens with one attached hydrogen (secondary N) is 1. The monoisotopic (exact) mass is 344 g/mol. The fourth-order valence-electron chi connectivity index (χ4n) is 3.14. The molecule has 1 N–H and O–H groups in total. The molecule has 132 valence electrons. The second-order valence-corrected chi connectivity index (χ2v) is 6.57. The highest BCUT2D eigenvalue weighted by Crippen LogP contribution is 2.31. The van der Waals surface area contributed by atoms with Crippen LogP contribution in [0.15, 0.2) is 32.2 Å². The molecule has 25 heavy (non-hydrogen) atoms. The molecule has 2 aromatic heterocycles. The van der Waals surface area contributed by atoms with Gasteiger partial charge in [-0.15, -0.1) is 10.2 Å². The maximum Gasteiger partial charge on any atom is 0.283 e. The molecule has 2 aliphatic heterocycles. The summed E-state index contributed by atoms with van der Waals surface area (Å²) in [5, 5.41) is 10.9. The number of rotatable bonds is 3. The molecular weight excluding hydrogens is 324 g/mol. The van der Waals surface area contributed by atoms with Gasteiger partial charge in [0.25, 0.3) is 11.8 Å². The van der Waals surface area contributed by atoms with Crippen LogP contribution in [0.25, 0.3) is 11.7 Å². The van der Waals surface area contributed by atoms with Crippen LogP contribution in [-0.2, 0) is 11.3 Å². The van der Waals surface area contributed by atoms with E-state index in [1.807, 2.05) is 19.0 Å². The molecule has 2 aliphatic rings. The minimum absolute atomic E-state index is 0.00579. The van der Waals surface area contributed by atoms with Crippen molar-refractivity contribution in [2.45, 2.75) is 24.9 Å². The molecule has 0 unspecified atom stereocenters. The van der Waals surface area contributed by atoms with E-state index in [1.165, 1.54) is 0 Å². The SMILES string of the molecule is CN(C)C1=NC2(CCN(Cc3nnc(-c4ccco4)o3)CC2)C(=O)N1. The Morgan fingerprint density at radius 1 is 1.32 bits per heavy atom. The summed E-state index contributed by atoms with van der Waals surface area (Å²) in [6.07, 6.45) is 2.92. The molecule has 1 amide bonds. The van der Waals surface area contributed by atoms with Crippen molar-refractivity contribution in [3.63, 3.8) is 0 Å². The van der Waals surface area contributed by atoms with Gasteiger partial charge in [0, 0.05) is 27.2 Å². The Morgan fingerprint density at radius 3 is 2.76 bits per heavy atom. The van der Waals surface area contributed by atoms with Gasteiger partial charge >= 0.3 is 0 Å². The van der Waals surface area contributed by atoms with E-state index in [-0.39, 0.29) is 5.91 Å². The zero-order valence-corrected chi connectivity index (χ0v) is 14.2. The summed E-state index contributed by atoms with van der Waals surface area (Å²) in [6.45, 7) is 2.04. The molecule has 0 radical (unpaired) electrons. The maximum atomic E-state index is 12.3. The number of nitrogens with zero attached hydrogens (tertiary/aromatic N) is 5. The van der Waals surface area contributed by atoms with Crippen LogP contribution in [0, 0.1) is 0 Å². The van der Waals surface area contributed by atoms with Gasteiger partial charge < -0.3 is 13.7 Å². The van der Waals surface area contributed by atoms with Gasteiger partial charge in [-0.25, -0.2) is 4.99 Å². The first-order chi connectivity index (χ1) is 12.1. The first kappa shape index (κ1) is 15.8. The van der Waals surface area contributed by atoms with Gasteiger partial charge in [0.15, 0.2) is 5.76 Å². The van der Waals surface area contributed by atoms with Gasteiger partial charge in [-0.05, 0) is 25.0 Å². The third-order valence-electron chi connectivity index (χ3n) is 4.63. The van der Waals surface area contributed by atoms with E-state index >= 15 is 0 Å². The molecule has 0 aromatic carbocycles. The van der Waals surface area contributed by atoms with Gasteiger partial charge in [-0.1, -0.05) is 0 Å². The largest absolute Gasteiger partial charge is 0.459 e. The van der Waals surface area contributed by atoms with Crippen LogP contribution in [0.2, 0.25) is 0 Å². The van der Waals surface area contributed by atoms with Gasteiger partial charge in [-0.2, -0.15) is 0 Å². The van der Waals surface area contributed by atoms with Crippen molar-refractivity contribution in [3.8, 4) is 11.7 Å². The summed E-state index contributed by atoms with van der Waals surface area (Å²) in [5.41, 5.74) is -0.635. The van der Waals surface area contributed by atoms with E-state index in [9.17, 15) is 4.79 Å². The smallest absolute Gasteiger partial charge is 0.283 e. The minimum atomic E-state index is -0.635. The van der Waals surface area contributed by atoms with E-state index in [1.54, 1.807) is 18.4 Å². The van der Waals surface area contributed by atoms with Gasteiger partial charge in [-0.3, -0.25) is 15.0 Å². The van der Waals surface area contributed by atoms with Crippen molar-refractivity contribution in [1.82, 2.24) is 25.3 Å². The number of guanidine groups is 1. The first-order valence-electron chi connectivity index (χ1n) is 8.23. The van der Waals surface area contributed by atoms with Gasteiger partial charge in [0.05, 0.1) is 12.8 Å². The van der Waals surface area contributed by atoms with E-state index in [2.05, 4.69) is 25.4 Å². The number of likely N-dealkylation sites (tertiary alicyclic amines) is 1. The van der Waals surface area contributed by atoms with E-state index in [4.69, 9.17) is 8.83 Å². The first-order valence-corrected chi connectivity index (χ1v) is 8.23. The lowest BCUT2D eigenvalue weighted by Gasteiger charge is -2.34. The highest BCUT2D eigenvalue weighted by molar-refractivity contribution is 6.07. The number of amides is 1. The molecule has 9 nitrogen and oxygen atoms in total. The molecule has 4 heterocycles. The molecule has 1 saturated heterocycles. The van der Waals surface area contributed by atoms with E-state index in [0.29, 0.717) is 42.9 Å². The molecule has 4 rings (SSSR count). The molecule has 0 aliphatic carbocycles. The molecular formula is C16H20N6O3. The minimum Gasteiger partial charge on any atom is -0.459 e. The van der Waals surface area contributed by atoms with Crippen LogP contribution in [0.1, 0.15) is 18.7 Å². The highest BCUT2D eigenvalue weighted by atomic mass is 16.4. The van der Waals surface area contributed by atoms with Crippen LogP contribution in [0.3, 0.4) is 0 Å². The lowest BCUT2D eigenvalue weighted by Crippen LogP contribution is -2.49. The number of carbonyl (C=O) groups excluding carboxylic acids is 1. The summed E-state index contributed by atoms with van der Waals surface area (Å²) in [4.78, 5) is 21.0. The van der Waals surface area contributed by atoms with Crippen molar-refractivity contribution >= 4 is 11.9 Å². The lowest BCUT2D eigenvalue weighted by molar-refractivity contribution is -0.125. The number of aromatic nitrogens is 2. The van der Waals surface area contributed by atoms with Crippen molar-refractivity contribution in [3.05, 3.63) is 24.3 Å². The molecule has 1 fully saturated rings. The topological polar surface area (TPSA) is 100 Å². The van der Waals surface area contributed by atoms with Crippen LogP contribution < -0.4 is 5.32 Å². The van der Waals surface area contributed by atoms with E-state index in [0.717, 1.165) is 13.1 Å². The van der Waals surface area contributed by atoms with Gasteiger partial charge in [0.1, 0.15) is 5.54 Å². The molecule has 9 heteroatoms. The Bertz CT molecular complexity index is 787. The number of carbonyl (C=O) groups is 1. The average Bonchev–Trinajstić information content (AvgIpc) is 3.31. The highest BCUT2D eigenvalue weighted by Gasteiger charge is 2.46. The van der Waals surface area contributed by atoms with Crippen molar-refractivity contribution in [2.24, 2.45) is 4.99 Å². The normalized spacial score (nSPS) is 19.9. The Hall–Kier alpha value is -2.68. The zero-order valence-electron chi connectivity index (χ0n) is 14.2. The van der Waals surface area contributed by atoms with Crippen LogP contribution in [-0.4, -0.2) is 64.6 Å². The number of hydrogen-bond acceptors (Lipinski definition) is 8. The second-order valence-electron chi connectivity index (χ2n) is 6.57. The van der Waals surface area contributed by atoms with E-state index < -0.39 is 5.54 Å². The van der Waals surface area contributed by atoms with Gasteiger partial charge in [0.2, 0.25) is 11.9 Å². The summed E-state index contributed by atoms with van der Waals surface area (Å²) in [7, 11) is 3.75. The van der Waals surface area contributed by atoms with Crippen molar-refractivity contribution < 1.29 is 13.6 Å². The Morgan fingerprint density at radius 2 is 2.12 bits per heavy atom. The zero-order chi connectivity index (χ0) is 17.4. The molecule has 1 spiro atoms. The summed E-state index contributed by atoms with van der Waals surface area (Å²) in [6, 6.07) is 3.55. The lowest BCUT2D eigenvalue weighted by atomic mass is 9.88. The summed E-state index contributed by atoms with van der Waals surface area (Å²) < 4.78 is 10.9. The quantitative estimate of drug-likeness (QED) is 0.875. The Balaban J connectivity index is 1.39. The fourth-order valence-corrected chi connectivity index (χ4v) is 3.14. The molecule has 0 atom stereocenters. The van der Waals surface area contributed by atoms with Crippen LogP contribution in [0.4, 0.5) is 0 Å². The maximum absolute atomic E-state index is 12.3. The Labute approximate surface area is 144 Å². The number of hydrogen-bond donors (Lipinski definition) is 1. The predicted molar refractivity (Wildman–Crippen MR) is 88.5 cm³/mol. The third-order valence-corrected chi connectivity index (χ3v) is 4.63. The molecule has 2 aromatic rings. The predicted octanol–water partition coefficient (Wildman–Crippen LogP) is 0.712.